The monoisotopic (exact) mass is 820 g/mol. The molecule has 0 bridgehead atoms. The van der Waals surface area contributed by atoms with E-state index in [4.69, 9.17) is 24.8 Å². The lowest BCUT2D eigenvalue weighted by atomic mass is 10.0. The van der Waals surface area contributed by atoms with Crippen molar-refractivity contribution in [2.75, 3.05) is 19.8 Å². The third kappa shape index (κ3) is 39.3. The van der Waals surface area contributed by atoms with E-state index >= 15 is 0 Å². The number of phosphoric ester groups is 1. The maximum atomic E-state index is 12.6. The van der Waals surface area contributed by atoms with Gasteiger partial charge in [0.15, 0.2) is 6.10 Å². The number of carboxylic acids is 1. The third-order valence-corrected chi connectivity index (χ3v) is 11.3. The Morgan fingerprint density at radius 2 is 0.786 bits per heavy atom. The molecular formula is C44H86NO10P. The number of carbonyl (C=O) groups is 3. The van der Waals surface area contributed by atoms with Gasteiger partial charge in [-0.15, -0.1) is 0 Å². The fraction of sp³-hybridized carbons (Fsp3) is 0.932. The molecule has 0 aliphatic rings. The van der Waals surface area contributed by atoms with Crippen LogP contribution in [0.2, 0.25) is 0 Å². The molecular weight excluding hydrogens is 733 g/mol. The second-order valence-corrected chi connectivity index (χ2v) is 17.4. The number of phosphoric acid groups is 1. The van der Waals surface area contributed by atoms with Gasteiger partial charge in [0.25, 0.3) is 0 Å². The molecule has 4 N–H and O–H groups in total. The smallest absolute Gasteiger partial charge is 0.472 e. The van der Waals surface area contributed by atoms with Crippen molar-refractivity contribution >= 4 is 25.7 Å². The average Bonchev–Trinajstić information content (AvgIpc) is 3.17. The highest BCUT2D eigenvalue weighted by Crippen LogP contribution is 2.43. The number of nitrogens with two attached hydrogens (primary N) is 1. The van der Waals surface area contributed by atoms with Crippen molar-refractivity contribution in [1.82, 2.24) is 0 Å². The molecule has 0 spiro atoms. The number of rotatable bonds is 44. The third-order valence-electron chi connectivity index (χ3n) is 10.4. The first-order valence-electron chi connectivity index (χ1n) is 23.1. The highest BCUT2D eigenvalue weighted by Gasteiger charge is 2.28. The summed E-state index contributed by atoms with van der Waals surface area (Å²) >= 11 is 0. The Balaban J connectivity index is 4.17. The average molecular weight is 820 g/mol. The van der Waals surface area contributed by atoms with Gasteiger partial charge in [-0.05, 0) is 12.8 Å². The summed E-state index contributed by atoms with van der Waals surface area (Å²) in [7, 11) is -4.71. The molecule has 0 radical (unpaired) electrons. The van der Waals surface area contributed by atoms with Gasteiger partial charge in [-0.1, -0.05) is 206 Å². The largest absolute Gasteiger partial charge is 0.480 e. The molecule has 0 aromatic carbocycles. The van der Waals surface area contributed by atoms with Crippen LogP contribution in [0.5, 0.6) is 0 Å². The molecule has 0 saturated carbocycles. The first-order chi connectivity index (χ1) is 27.1. The molecule has 0 rings (SSSR count). The van der Waals surface area contributed by atoms with Crippen LogP contribution < -0.4 is 5.73 Å². The molecule has 0 aromatic heterocycles. The molecule has 11 nitrogen and oxygen atoms in total. The Bertz CT molecular complexity index is 968. The van der Waals surface area contributed by atoms with E-state index in [9.17, 15) is 23.8 Å². The summed E-state index contributed by atoms with van der Waals surface area (Å²) < 4.78 is 32.7. The Morgan fingerprint density at radius 3 is 1.12 bits per heavy atom. The minimum Gasteiger partial charge on any atom is -0.480 e. The summed E-state index contributed by atoms with van der Waals surface area (Å²) in [6.45, 7) is 2.82. The number of aliphatic carboxylic acids is 1. The van der Waals surface area contributed by atoms with Gasteiger partial charge in [0.2, 0.25) is 0 Å². The highest BCUT2D eigenvalue weighted by molar-refractivity contribution is 7.47. The molecule has 3 atom stereocenters. The molecule has 0 aliphatic carbocycles. The second-order valence-electron chi connectivity index (χ2n) is 15.9. The van der Waals surface area contributed by atoms with Gasteiger partial charge in [0, 0.05) is 12.8 Å². The Kier molecular flexibility index (Phi) is 39.2. The molecule has 0 heterocycles. The Hall–Kier alpha value is -1.52. The fourth-order valence-electron chi connectivity index (χ4n) is 6.71. The van der Waals surface area contributed by atoms with Crippen molar-refractivity contribution < 1.29 is 47.5 Å². The van der Waals surface area contributed by atoms with Crippen molar-refractivity contribution in [2.45, 2.75) is 244 Å². The second kappa shape index (κ2) is 40.3. The van der Waals surface area contributed by atoms with Crippen LogP contribution in [0.15, 0.2) is 0 Å². The van der Waals surface area contributed by atoms with E-state index in [1.165, 1.54) is 154 Å². The zero-order chi connectivity index (χ0) is 41.4. The van der Waals surface area contributed by atoms with Gasteiger partial charge in [-0.3, -0.25) is 23.4 Å². The minimum atomic E-state index is -4.71. The molecule has 56 heavy (non-hydrogen) atoms. The molecule has 332 valence electrons. The Morgan fingerprint density at radius 1 is 0.482 bits per heavy atom. The number of carboxylic acid groups (broad SMARTS) is 1. The van der Waals surface area contributed by atoms with Crippen LogP contribution in [0.3, 0.4) is 0 Å². The first kappa shape index (κ1) is 54.5. The van der Waals surface area contributed by atoms with E-state index < -0.39 is 51.1 Å². The summed E-state index contributed by atoms with van der Waals surface area (Å²) in [5.41, 5.74) is 5.33. The number of carbonyl (C=O) groups excluding carboxylic acids is 2. The SMILES string of the molecule is CCCCCCCCCCCCCCCCCCCCCCCCC(=O)OC(COC(=O)CCCCCCCCCCCC)COP(=O)(O)OCC(N)C(=O)O. The lowest BCUT2D eigenvalue weighted by Crippen LogP contribution is -2.34. The lowest BCUT2D eigenvalue weighted by Gasteiger charge is -2.20. The summed E-state index contributed by atoms with van der Waals surface area (Å²) in [6.07, 6.45) is 38.9. The van der Waals surface area contributed by atoms with Crippen LogP contribution in [0.1, 0.15) is 232 Å². The van der Waals surface area contributed by atoms with Crippen molar-refractivity contribution in [1.29, 1.82) is 0 Å². The van der Waals surface area contributed by atoms with Crippen LogP contribution in [0, 0.1) is 0 Å². The number of unbranched alkanes of at least 4 members (excludes halogenated alkanes) is 30. The molecule has 0 saturated heterocycles. The highest BCUT2D eigenvalue weighted by atomic mass is 31.2. The van der Waals surface area contributed by atoms with Gasteiger partial charge in [0.1, 0.15) is 12.6 Å². The maximum Gasteiger partial charge on any atom is 0.472 e. The topological polar surface area (TPSA) is 172 Å². The van der Waals surface area contributed by atoms with Crippen LogP contribution >= 0.6 is 7.82 Å². The van der Waals surface area contributed by atoms with E-state index in [0.29, 0.717) is 12.8 Å². The first-order valence-corrected chi connectivity index (χ1v) is 24.6. The number of hydrogen-bond acceptors (Lipinski definition) is 9. The predicted octanol–water partition coefficient (Wildman–Crippen LogP) is 12.3. The quantitative estimate of drug-likeness (QED) is 0.0303. The van der Waals surface area contributed by atoms with Gasteiger partial charge in [-0.25, -0.2) is 4.57 Å². The number of hydrogen-bond donors (Lipinski definition) is 3. The van der Waals surface area contributed by atoms with Crippen molar-refractivity contribution in [3.05, 3.63) is 0 Å². The van der Waals surface area contributed by atoms with E-state index in [1.54, 1.807) is 0 Å². The fourth-order valence-corrected chi connectivity index (χ4v) is 7.49. The summed E-state index contributed by atoms with van der Waals surface area (Å²) in [4.78, 5) is 45.9. The predicted molar refractivity (Wildman–Crippen MR) is 227 cm³/mol. The van der Waals surface area contributed by atoms with Crippen LogP contribution in [-0.4, -0.2) is 59.9 Å². The van der Waals surface area contributed by atoms with Crippen molar-refractivity contribution in [3.8, 4) is 0 Å². The van der Waals surface area contributed by atoms with Crippen molar-refractivity contribution in [2.24, 2.45) is 5.73 Å². The van der Waals surface area contributed by atoms with E-state index in [2.05, 4.69) is 18.4 Å². The van der Waals surface area contributed by atoms with E-state index in [1.807, 2.05) is 0 Å². The van der Waals surface area contributed by atoms with Gasteiger partial charge in [0.05, 0.1) is 13.2 Å². The van der Waals surface area contributed by atoms with Gasteiger partial charge >= 0.3 is 25.7 Å². The van der Waals surface area contributed by atoms with E-state index in [-0.39, 0.29) is 19.4 Å². The van der Waals surface area contributed by atoms with Crippen LogP contribution in [0.25, 0.3) is 0 Å². The summed E-state index contributed by atoms with van der Waals surface area (Å²) in [6, 6.07) is -1.52. The van der Waals surface area contributed by atoms with Gasteiger partial charge in [-0.2, -0.15) is 0 Å². The molecule has 0 amide bonds. The maximum absolute atomic E-state index is 12.6. The van der Waals surface area contributed by atoms with Crippen molar-refractivity contribution in [3.63, 3.8) is 0 Å². The lowest BCUT2D eigenvalue weighted by molar-refractivity contribution is -0.161. The zero-order valence-corrected chi connectivity index (χ0v) is 36.9. The summed E-state index contributed by atoms with van der Waals surface area (Å²) in [5.74, 6) is -2.36. The summed E-state index contributed by atoms with van der Waals surface area (Å²) in [5, 5.41) is 8.88. The standard InChI is InChI=1S/C44H86NO10P/c1-3-5-7-9-11-13-15-16-17-18-19-20-21-22-23-24-25-26-28-30-32-34-36-43(47)55-40(38-53-56(50,51)54-39-41(45)44(48)49)37-52-42(46)35-33-31-29-27-14-12-10-8-6-4-2/h40-41H,3-39,45H2,1-2H3,(H,48,49)(H,50,51). The molecule has 0 aromatic rings. The molecule has 3 unspecified atom stereocenters. The van der Waals surface area contributed by atoms with Crippen LogP contribution in [0.4, 0.5) is 0 Å². The van der Waals surface area contributed by atoms with Gasteiger partial charge < -0.3 is 25.2 Å². The molecule has 12 heteroatoms. The number of esters is 2. The normalized spacial score (nSPS) is 13.6. The zero-order valence-electron chi connectivity index (χ0n) is 36.0. The number of ether oxygens (including phenoxy) is 2. The van der Waals surface area contributed by atoms with E-state index in [0.717, 1.165) is 38.5 Å². The Labute approximate surface area is 342 Å². The molecule has 0 aliphatic heterocycles. The van der Waals surface area contributed by atoms with Crippen LogP contribution in [-0.2, 0) is 37.5 Å². The minimum absolute atomic E-state index is 0.170. The molecule has 0 fully saturated rings.